The van der Waals surface area contributed by atoms with Crippen LogP contribution in [0.25, 0.3) is 22.1 Å². The van der Waals surface area contributed by atoms with Crippen molar-refractivity contribution in [3.8, 4) is 16.9 Å². The summed E-state index contributed by atoms with van der Waals surface area (Å²) in [6.07, 6.45) is -4.62. The van der Waals surface area contributed by atoms with Crippen molar-refractivity contribution in [3.63, 3.8) is 0 Å². The van der Waals surface area contributed by atoms with Crippen LogP contribution in [0.5, 0.6) is 0 Å². The zero-order chi connectivity index (χ0) is 19.1. The molecule has 0 bridgehead atoms. The molecule has 0 saturated carbocycles. The summed E-state index contributed by atoms with van der Waals surface area (Å²) in [6.45, 7) is 1.86. The van der Waals surface area contributed by atoms with Gasteiger partial charge in [0.2, 0.25) is 0 Å². The minimum Gasteiger partial charge on any atom is -0.560 e. The van der Waals surface area contributed by atoms with Gasteiger partial charge in [-0.15, -0.1) is 0 Å². The molecule has 0 aliphatic heterocycles. The predicted molar refractivity (Wildman–Crippen MR) is 90.2 cm³/mol. The van der Waals surface area contributed by atoms with Crippen molar-refractivity contribution in [2.75, 3.05) is 0 Å². The van der Waals surface area contributed by atoms with Crippen LogP contribution in [-0.2, 0) is 16.2 Å². The number of sulfonamides is 1. The fraction of sp³-hybridized carbons (Fsp3) is 0.118. The van der Waals surface area contributed by atoms with Gasteiger partial charge in [0.05, 0.1) is 21.4 Å². The third kappa shape index (κ3) is 4.80. The molecule has 136 valence electrons. The summed E-state index contributed by atoms with van der Waals surface area (Å²) in [5, 5.41) is 10.7. The first-order chi connectivity index (χ1) is 12.1. The molecule has 0 atom stereocenters. The van der Waals surface area contributed by atoms with E-state index in [2.05, 4.69) is 5.10 Å². The minimum atomic E-state index is -4.62. The van der Waals surface area contributed by atoms with Gasteiger partial charge in [0.1, 0.15) is 0 Å². The second-order valence-electron chi connectivity index (χ2n) is 5.69. The first-order valence-corrected chi connectivity index (χ1v) is 8.88. The van der Waals surface area contributed by atoms with E-state index >= 15 is 0 Å². The molecule has 0 aliphatic carbocycles. The molecule has 10 heteroatoms. The Balaban J connectivity index is 0.00000261. The van der Waals surface area contributed by atoms with Crippen LogP contribution in [0.2, 0.25) is 0 Å². The van der Waals surface area contributed by atoms with Crippen molar-refractivity contribution in [3.05, 3.63) is 71.0 Å². The van der Waals surface area contributed by atoms with E-state index in [1.165, 1.54) is 12.1 Å². The Hall–Kier alpha value is -1.65. The third-order valence-electron chi connectivity index (χ3n) is 3.74. The summed E-state index contributed by atoms with van der Waals surface area (Å²) >= 11 is 0. The molecular weight excluding hydrogens is 390 g/mol. The second kappa shape index (κ2) is 7.76. The molecule has 0 radical (unpaired) electrons. The summed E-state index contributed by atoms with van der Waals surface area (Å²) in [6, 6.07) is 12.8. The van der Waals surface area contributed by atoms with E-state index in [0.717, 1.165) is 28.4 Å². The molecule has 3 aromatic rings. The van der Waals surface area contributed by atoms with Crippen LogP contribution in [0, 0.1) is 6.92 Å². The quantitative estimate of drug-likeness (QED) is 0.624. The van der Waals surface area contributed by atoms with E-state index in [0.29, 0.717) is 5.56 Å². The van der Waals surface area contributed by atoms with Crippen LogP contribution in [0.3, 0.4) is 0 Å². The maximum absolute atomic E-state index is 13.1. The summed E-state index contributed by atoms with van der Waals surface area (Å²) in [7, 11) is -4.15. The summed E-state index contributed by atoms with van der Waals surface area (Å²) in [5.41, 5.74) is 0.921. The van der Waals surface area contributed by atoms with Crippen LogP contribution in [0.1, 0.15) is 11.3 Å². The summed E-state index contributed by atoms with van der Waals surface area (Å²) in [4.78, 5) is -0.249. The SMILES string of the molecule is Cc1ccc(-c2cc(C(F)(F)F)nn2-c2ccc(S([NH-])(=O)=O)cc2)cc1.[Na+]. The molecule has 0 fully saturated rings. The van der Waals surface area contributed by atoms with Gasteiger partial charge in [-0.3, -0.25) is 0 Å². The molecule has 2 aromatic carbocycles. The number of nitrogens with zero attached hydrogens (tertiary/aromatic N) is 2. The summed E-state index contributed by atoms with van der Waals surface area (Å²) < 4.78 is 62.9. The Morgan fingerprint density at radius 1 is 1.00 bits per heavy atom. The zero-order valence-electron chi connectivity index (χ0n) is 14.4. The molecule has 1 N–H and O–H groups in total. The number of hydrogen-bond donors (Lipinski definition) is 0. The van der Waals surface area contributed by atoms with Crippen LogP contribution in [-0.4, -0.2) is 18.2 Å². The molecule has 3 rings (SSSR count). The maximum Gasteiger partial charge on any atom is 1.00 e. The molecule has 0 unspecified atom stereocenters. The van der Waals surface area contributed by atoms with E-state index in [4.69, 9.17) is 5.14 Å². The molecule has 5 nitrogen and oxygen atoms in total. The number of nitrogens with one attached hydrogen (secondary N) is 1. The van der Waals surface area contributed by atoms with Gasteiger partial charge in [0, 0.05) is 10.5 Å². The van der Waals surface area contributed by atoms with Crippen LogP contribution < -0.4 is 29.6 Å². The Bertz CT molecular complexity index is 1040. The number of alkyl halides is 3. The average Bonchev–Trinajstić information content (AvgIpc) is 3.00. The van der Waals surface area contributed by atoms with Crippen molar-refractivity contribution in [2.24, 2.45) is 0 Å². The number of hydrogen-bond acceptors (Lipinski definition) is 3. The minimum absolute atomic E-state index is 0. The first-order valence-electron chi connectivity index (χ1n) is 7.40. The number of aryl methyl sites for hydroxylation is 1. The largest absolute Gasteiger partial charge is 1.00 e. The monoisotopic (exact) mass is 403 g/mol. The number of aromatic nitrogens is 2. The van der Waals surface area contributed by atoms with E-state index in [-0.39, 0.29) is 45.8 Å². The first kappa shape index (κ1) is 21.6. The predicted octanol–water partition coefficient (Wildman–Crippen LogP) is 1.61. The molecule has 0 amide bonds. The van der Waals surface area contributed by atoms with Crippen LogP contribution in [0.4, 0.5) is 13.2 Å². The molecule has 1 heterocycles. The van der Waals surface area contributed by atoms with Crippen molar-refractivity contribution in [1.29, 1.82) is 0 Å². The van der Waals surface area contributed by atoms with Gasteiger partial charge in [-0.1, -0.05) is 29.8 Å². The molecule has 27 heavy (non-hydrogen) atoms. The Kier molecular flexibility index (Phi) is 6.23. The van der Waals surface area contributed by atoms with E-state index in [9.17, 15) is 21.6 Å². The maximum atomic E-state index is 13.1. The van der Waals surface area contributed by atoms with E-state index in [1.807, 2.05) is 6.92 Å². The Morgan fingerprint density at radius 2 is 1.56 bits per heavy atom. The molecular formula is C17H13F3N3NaO2S. The van der Waals surface area contributed by atoms with Gasteiger partial charge in [-0.2, -0.15) is 18.3 Å². The number of benzene rings is 2. The van der Waals surface area contributed by atoms with Crippen molar-refractivity contribution in [1.82, 2.24) is 9.78 Å². The Morgan fingerprint density at radius 3 is 2.04 bits per heavy atom. The van der Waals surface area contributed by atoms with Crippen LogP contribution >= 0.6 is 0 Å². The summed E-state index contributed by atoms with van der Waals surface area (Å²) in [5.74, 6) is 0. The van der Waals surface area contributed by atoms with Gasteiger partial charge in [0.15, 0.2) is 5.69 Å². The van der Waals surface area contributed by atoms with Gasteiger partial charge in [0.25, 0.3) is 0 Å². The third-order valence-corrected chi connectivity index (χ3v) is 4.63. The fourth-order valence-corrected chi connectivity index (χ4v) is 2.91. The van der Waals surface area contributed by atoms with E-state index in [1.54, 1.807) is 24.3 Å². The standard InChI is InChI=1S/C17H13F3N3O2S.Na/c1-11-2-4-12(5-3-11)15-10-16(17(18,19)20)22-23(15)13-6-8-14(9-7-13)26(21,24)25;/h2-10H,1H3,(H-,21,24,25);/q-1;+1. The molecule has 0 saturated heterocycles. The molecule has 0 spiro atoms. The van der Waals surface area contributed by atoms with Gasteiger partial charge < -0.3 is 5.14 Å². The molecule has 0 aliphatic rings. The van der Waals surface area contributed by atoms with Crippen LogP contribution in [0.15, 0.2) is 59.5 Å². The fourth-order valence-electron chi connectivity index (χ4n) is 2.41. The number of rotatable bonds is 3. The second-order valence-corrected chi connectivity index (χ2v) is 7.17. The normalized spacial score (nSPS) is 11.9. The zero-order valence-corrected chi connectivity index (χ0v) is 17.3. The molecule has 1 aromatic heterocycles. The van der Waals surface area contributed by atoms with Crippen molar-refractivity contribution in [2.45, 2.75) is 18.0 Å². The van der Waals surface area contributed by atoms with Gasteiger partial charge in [-0.25, -0.2) is 13.1 Å². The van der Waals surface area contributed by atoms with Crippen molar-refractivity contribution < 1.29 is 51.1 Å². The van der Waals surface area contributed by atoms with E-state index < -0.39 is 21.9 Å². The van der Waals surface area contributed by atoms with Gasteiger partial charge in [-0.05, 0) is 37.3 Å². The topological polar surface area (TPSA) is 75.8 Å². The Labute approximate surface area is 176 Å². The van der Waals surface area contributed by atoms with Gasteiger partial charge >= 0.3 is 35.7 Å². The number of halogens is 3. The smallest absolute Gasteiger partial charge is 0.560 e. The van der Waals surface area contributed by atoms with Crippen molar-refractivity contribution >= 4 is 10.0 Å². The average molecular weight is 403 g/mol.